The van der Waals surface area contributed by atoms with Crippen LogP contribution in [-0.2, 0) is 14.3 Å². The molecule has 0 spiro atoms. The summed E-state index contributed by atoms with van der Waals surface area (Å²) in [6.07, 6.45) is 0.461. The zero-order chi connectivity index (χ0) is 12.3. The summed E-state index contributed by atoms with van der Waals surface area (Å²) in [6, 6.07) is -0.687. The zero-order valence-electron chi connectivity index (χ0n) is 9.66. The Morgan fingerprint density at radius 3 is 2.44 bits per heavy atom. The summed E-state index contributed by atoms with van der Waals surface area (Å²) in [5.41, 5.74) is 10.0. The highest BCUT2D eigenvalue weighted by atomic mass is 16.5. The van der Waals surface area contributed by atoms with Gasteiger partial charge in [0.25, 0.3) is 0 Å². The van der Waals surface area contributed by atoms with Crippen LogP contribution in [0.3, 0.4) is 0 Å². The second-order valence-electron chi connectivity index (χ2n) is 4.56. The van der Waals surface area contributed by atoms with Crippen molar-refractivity contribution in [2.24, 2.45) is 17.4 Å². The highest BCUT2D eigenvalue weighted by Gasteiger charge is 2.40. The summed E-state index contributed by atoms with van der Waals surface area (Å²) in [6.45, 7) is 4.27. The molecule has 6 heteroatoms. The standard InChI is InChI=1S/C10H19N3O3/c1-6(2)7(8(11)14)13-9(15)10(12)3-4-16-5-10/h6-7H,3-5,12H2,1-2H3,(H2,11,14)(H,13,15). The van der Waals surface area contributed by atoms with Crippen LogP contribution in [0, 0.1) is 5.92 Å². The molecule has 92 valence electrons. The third-order valence-electron chi connectivity index (χ3n) is 2.76. The van der Waals surface area contributed by atoms with E-state index in [9.17, 15) is 9.59 Å². The second kappa shape index (κ2) is 4.80. The molecule has 6 nitrogen and oxygen atoms in total. The Morgan fingerprint density at radius 1 is 1.44 bits per heavy atom. The Labute approximate surface area is 94.7 Å². The van der Waals surface area contributed by atoms with Gasteiger partial charge in [-0.25, -0.2) is 0 Å². The zero-order valence-corrected chi connectivity index (χ0v) is 9.66. The highest BCUT2D eigenvalue weighted by Crippen LogP contribution is 2.16. The maximum Gasteiger partial charge on any atom is 0.243 e. The Bertz CT molecular complexity index is 285. The topological polar surface area (TPSA) is 107 Å². The molecular formula is C10H19N3O3. The van der Waals surface area contributed by atoms with Gasteiger partial charge in [-0.15, -0.1) is 0 Å². The molecule has 1 fully saturated rings. The van der Waals surface area contributed by atoms with Crippen molar-refractivity contribution in [3.05, 3.63) is 0 Å². The Kier molecular flexibility index (Phi) is 3.88. The fourth-order valence-electron chi connectivity index (χ4n) is 1.61. The summed E-state index contributed by atoms with van der Waals surface area (Å²) in [5.74, 6) is -0.985. The van der Waals surface area contributed by atoms with Crippen LogP contribution in [0.5, 0.6) is 0 Å². The number of rotatable bonds is 4. The normalized spacial score (nSPS) is 26.8. The van der Waals surface area contributed by atoms with Crippen LogP contribution in [0.1, 0.15) is 20.3 Å². The molecule has 16 heavy (non-hydrogen) atoms. The van der Waals surface area contributed by atoms with Crippen molar-refractivity contribution < 1.29 is 14.3 Å². The molecule has 1 rings (SSSR count). The minimum Gasteiger partial charge on any atom is -0.379 e. The Hall–Kier alpha value is -1.14. The molecule has 2 atom stereocenters. The lowest BCUT2D eigenvalue weighted by Crippen LogP contribution is -2.59. The predicted octanol–water partition coefficient (Wildman–Crippen LogP) is -1.27. The molecule has 0 aliphatic carbocycles. The van der Waals surface area contributed by atoms with Crippen LogP contribution in [0.2, 0.25) is 0 Å². The first-order valence-electron chi connectivity index (χ1n) is 5.34. The van der Waals surface area contributed by atoms with Crippen LogP contribution >= 0.6 is 0 Å². The van der Waals surface area contributed by atoms with Crippen molar-refractivity contribution in [2.45, 2.75) is 31.8 Å². The van der Waals surface area contributed by atoms with E-state index in [-0.39, 0.29) is 18.4 Å². The van der Waals surface area contributed by atoms with Crippen LogP contribution in [0.25, 0.3) is 0 Å². The number of carbonyl (C=O) groups is 2. The maximum absolute atomic E-state index is 11.9. The lowest BCUT2D eigenvalue weighted by atomic mass is 9.96. The first kappa shape index (κ1) is 12.9. The summed E-state index contributed by atoms with van der Waals surface area (Å²) in [7, 11) is 0. The number of amides is 2. The fourth-order valence-corrected chi connectivity index (χ4v) is 1.61. The van der Waals surface area contributed by atoms with Gasteiger partial charge in [-0.2, -0.15) is 0 Å². The molecule has 2 unspecified atom stereocenters. The lowest BCUT2D eigenvalue weighted by Gasteiger charge is -2.25. The molecule has 1 heterocycles. The first-order valence-corrected chi connectivity index (χ1v) is 5.34. The summed E-state index contributed by atoms with van der Waals surface area (Å²) >= 11 is 0. The van der Waals surface area contributed by atoms with Crippen LogP contribution in [0.15, 0.2) is 0 Å². The molecule has 0 aromatic heterocycles. The second-order valence-corrected chi connectivity index (χ2v) is 4.56. The van der Waals surface area contributed by atoms with E-state index in [1.807, 2.05) is 13.8 Å². The molecule has 5 N–H and O–H groups in total. The van der Waals surface area contributed by atoms with Crippen molar-refractivity contribution in [1.82, 2.24) is 5.32 Å². The monoisotopic (exact) mass is 229 g/mol. The molecule has 0 radical (unpaired) electrons. The Morgan fingerprint density at radius 2 is 2.06 bits per heavy atom. The molecule has 1 saturated heterocycles. The largest absolute Gasteiger partial charge is 0.379 e. The average molecular weight is 229 g/mol. The average Bonchev–Trinajstić information content (AvgIpc) is 2.61. The quantitative estimate of drug-likeness (QED) is 0.558. The molecular weight excluding hydrogens is 210 g/mol. The van der Waals surface area contributed by atoms with E-state index in [0.717, 1.165) is 0 Å². The van der Waals surface area contributed by atoms with Gasteiger partial charge in [0.1, 0.15) is 11.6 Å². The van der Waals surface area contributed by atoms with E-state index >= 15 is 0 Å². The van der Waals surface area contributed by atoms with Gasteiger partial charge in [0, 0.05) is 6.61 Å². The van der Waals surface area contributed by atoms with Gasteiger partial charge in [0.15, 0.2) is 0 Å². The lowest BCUT2D eigenvalue weighted by molar-refractivity contribution is -0.131. The number of nitrogens with two attached hydrogens (primary N) is 2. The van der Waals surface area contributed by atoms with Crippen LogP contribution in [-0.4, -0.2) is 36.6 Å². The number of primary amides is 1. The van der Waals surface area contributed by atoms with E-state index in [4.69, 9.17) is 16.2 Å². The van der Waals surface area contributed by atoms with E-state index in [2.05, 4.69) is 5.32 Å². The minimum absolute atomic E-state index is 0.0626. The molecule has 1 aliphatic heterocycles. The number of nitrogens with one attached hydrogen (secondary N) is 1. The summed E-state index contributed by atoms with van der Waals surface area (Å²) in [5, 5.41) is 2.58. The Balaban J connectivity index is 2.65. The number of hydrogen-bond acceptors (Lipinski definition) is 4. The van der Waals surface area contributed by atoms with Crippen molar-refractivity contribution >= 4 is 11.8 Å². The fraction of sp³-hybridized carbons (Fsp3) is 0.800. The smallest absolute Gasteiger partial charge is 0.243 e. The predicted molar refractivity (Wildman–Crippen MR) is 58.3 cm³/mol. The van der Waals surface area contributed by atoms with Crippen LogP contribution in [0.4, 0.5) is 0 Å². The summed E-state index contributed by atoms with van der Waals surface area (Å²) in [4.78, 5) is 23.0. The van der Waals surface area contributed by atoms with Gasteiger partial charge in [0.2, 0.25) is 11.8 Å². The SMILES string of the molecule is CC(C)C(NC(=O)C1(N)CCOC1)C(N)=O. The van der Waals surface area contributed by atoms with Crippen molar-refractivity contribution in [3.63, 3.8) is 0 Å². The number of hydrogen-bond donors (Lipinski definition) is 3. The van der Waals surface area contributed by atoms with E-state index < -0.39 is 17.5 Å². The van der Waals surface area contributed by atoms with Crippen LogP contribution < -0.4 is 16.8 Å². The third-order valence-corrected chi connectivity index (χ3v) is 2.76. The van der Waals surface area contributed by atoms with Gasteiger partial charge >= 0.3 is 0 Å². The summed E-state index contributed by atoms with van der Waals surface area (Å²) < 4.78 is 5.08. The third kappa shape index (κ3) is 2.70. The van der Waals surface area contributed by atoms with Crippen molar-refractivity contribution in [1.29, 1.82) is 0 Å². The minimum atomic E-state index is -1.03. The molecule has 2 amide bonds. The number of carbonyl (C=O) groups excluding carboxylic acids is 2. The van der Waals surface area contributed by atoms with E-state index in [1.165, 1.54) is 0 Å². The molecule has 1 aliphatic rings. The van der Waals surface area contributed by atoms with Gasteiger partial charge < -0.3 is 21.5 Å². The molecule has 0 aromatic carbocycles. The first-order chi connectivity index (χ1) is 7.37. The molecule has 0 saturated carbocycles. The van der Waals surface area contributed by atoms with Gasteiger partial charge in [-0.05, 0) is 12.3 Å². The number of ether oxygens (including phenoxy) is 1. The molecule has 0 bridgehead atoms. The molecule has 0 aromatic rings. The van der Waals surface area contributed by atoms with Gasteiger partial charge in [-0.1, -0.05) is 13.8 Å². The van der Waals surface area contributed by atoms with E-state index in [0.29, 0.717) is 13.0 Å². The van der Waals surface area contributed by atoms with Gasteiger partial charge in [0.05, 0.1) is 6.61 Å². The maximum atomic E-state index is 11.9. The van der Waals surface area contributed by atoms with Crippen molar-refractivity contribution in [2.75, 3.05) is 13.2 Å². The van der Waals surface area contributed by atoms with Crippen molar-refractivity contribution in [3.8, 4) is 0 Å². The van der Waals surface area contributed by atoms with E-state index in [1.54, 1.807) is 0 Å². The van der Waals surface area contributed by atoms with Gasteiger partial charge in [-0.3, -0.25) is 9.59 Å². The highest BCUT2D eigenvalue weighted by molar-refractivity contribution is 5.91.